The molecule has 0 aromatic carbocycles. The van der Waals surface area contributed by atoms with Crippen molar-refractivity contribution in [3.05, 3.63) is 182 Å². The van der Waals surface area contributed by atoms with Gasteiger partial charge >= 0.3 is 17.9 Å². The summed E-state index contributed by atoms with van der Waals surface area (Å²) in [6, 6.07) is 0. The Labute approximate surface area is 395 Å². The maximum absolute atomic E-state index is 12.8. The second-order valence-corrected chi connectivity index (χ2v) is 15.1. The van der Waals surface area contributed by atoms with E-state index in [2.05, 4.69) is 106 Å². The van der Waals surface area contributed by atoms with Crippen molar-refractivity contribution >= 4 is 17.9 Å². The van der Waals surface area contributed by atoms with Gasteiger partial charge in [-0.1, -0.05) is 216 Å². The minimum absolute atomic E-state index is 0.146. The highest BCUT2D eigenvalue weighted by atomic mass is 16.6. The molecule has 0 aliphatic rings. The number of rotatable bonds is 40. The van der Waals surface area contributed by atoms with Crippen molar-refractivity contribution in [2.24, 2.45) is 0 Å². The van der Waals surface area contributed by atoms with Crippen LogP contribution in [0.4, 0.5) is 0 Å². The van der Waals surface area contributed by atoms with E-state index in [1.165, 1.54) is 0 Å². The number of carbonyl (C=O) groups is 3. The molecule has 0 rings (SSSR count). The zero-order valence-corrected chi connectivity index (χ0v) is 40.4. The lowest BCUT2D eigenvalue weighted by atomic mass is 10.1. The van der Waals surface area contributed by atoms with Gasteiger partial charge in [0.15, 0.2) is 6.10 Å². The highest BCUT2D eigenvalue weighted by Gasteiger charge is 2.19. The van der Waals surface area contributed by atoms with Crippen molar-refractivity contribution in [2.45, 2.75) is 155 Å². The Bertz CT molecular complexity index is 1630. The summed E-state index contributed by atoms with van der Waals surface area (Å²) in [4.78, 5) is 37.9. The highest BCUT2D eigenvalue weighted by molar-refractivity contribution is 5.71. The molecule has 0 aliphatic heterocycles. The predicted octanol–water partition coefficient (Wildman–Crippen LogP) is 16.2. The first-order valence-electron chi connectivity index (χ1n) is 24.4. The van der Waals surface area contributed by atoms with Gasteiger partial charge in [0, 0.05) is 19.3 Å². The van der Waals surface area contributed by atoms with Crippen molar-refractivity contribution in [2.75, 3.05) is 13.2 Å². The average molecular weight is 889 g/mol. The lowest BCUT2D eigenvalue weighted by Gasteiger charge is -2.18. The molecule has 1 atom stereocenters. The molecule has 0 bridgehead atoms. The summed E-state index contributed by atoms with van der Waals surface area (Å²) in [5.74, 6) is -1.11. The van der Waals surface area contributed by atoms with Crippen LogP contribution in [0.5, 0.6) is 0 Å². The van der Waals surface area contributed by atoms with Gasteiger partial charge in [-0.05, 0) is 96.3 Å². The molecule has 6 nitrogen and oxygen atoms in total. The van der Waals surface area contributed by atoms with Crippen LogP contribution in [0.1, 0.15) is 149 Å². The van der Waals surface area contributed by atoms with Crippen LogP contribution < -0.4 is 0 Å². The van der Waals surface area contributed by atoms with Crippen LogP contribution in [0, 0.1) is 0 Å². The molecular formula is C59H84O6. The summed E-state index contributed by atoms with van der Waals surface area (Å²) in [6.45, 7) is 6.07. The summed E-state index contributed by atoms with van der Waals surface area (Å²) in [6.07, 6.45) is 77.3. The molecule has 6 heteroatoms. The van der Waals surface area contributed by atoms with Gasteiger partial charge in [-0.15, -0.1) is 0 Å². The Kier molecular flexibility index (Phi) is 46.8. The normalized spacial score (nSPS) is 13.7. The summed E-state index contributed by atoms with van der Waals surface area (Å²) in [5.41, 5.74) is 0. The Balaban J connectivity index is 4.69. The van der Waals surface area contributed by atoms with E-state index in [1.807, 2.05) is 97.2 Å². The number of esters is 3. The molecular weight excluding hydrogens is 805 g/mol. The van der Waals surface area contributed by atoms with Gasteiger partial charge in [0.25, 0.3) is 0 Å². The fourth-order valence-corrected chi connectivity index (χ4v) is 5.58. The van der Waals surface area contributed by atoms with Gasteiger partial charge in [-0.25, -0.2) is 0 Å². The second kappa shape index (κ2) is 51.1. The monoisotopic (exact) mass is 889 g/mol. The van der Waals surface area contributed by atoms with Crippen LogP contribution in [0.2, 0.25) is 0 Å². The number of unbranched alkanes of at least 4 members (excludes halogenated alkanes) is 7. The van der Waals surface area contributed by atoms with E-state index in [4.69, 9.17) is 14.2 Å². The predicted molar refractivity (Wildman–Crippen MR) is 278 cm³/mol. The molecule has 0 saturated carbocycles. The fourth-order valence-electron chi connectivity index (χ4n) is 5.58. The van der Waals surface area contributed by atoms with E-state index in [0.717, 1.165) is 89.9 Å². The lowest BCUT2D eigenvalue weighted by molar-refractivity contribution is -0.167. The van der Waals surface area contributed by atoms with Crippen molar-refractivity contribution in [1.82, 2.24) is 0 Å². The Morgan fingerprint density at radius 3 is 1.06 bits per heavy atom. The van der Waals surface area contributed by atoms with Gasteiger partial charge in [-0.3, -0.25) is 14.4 Å². The molecule has 0 fully saturated rings. The van der Waals surface area contributed by atoms with Crippen molar-refractivity contribution in [3.8, 4) is 0 Å². The van der Waals surface area contributed by atoms with Crippen molar-refractivity contribution < 1.29 is 28.6 Å². The highest BCUT2D eigenvalue weighted by Crippen LogP contribution is 2.10. The number of allylic oxidation sites excluding steroid dienone is 30. The Hall–Kier alpha value is -5.49. The van der Waals surface area contributed by atoms with Crippen LogP contribution in [-0.4, -0.2) is 37.2 Å². The third kappa shape index (κ3) is 49.4. The standard InChI is InChI=1S/C59H84O6/c1-4-7-10-13-16-19-22-25-28-29-32-34-37-40-43-46-49-52-58(61)64-55-56(65-59(62)53-50-47-44-41-38-35-31-27-24-21-18-15-12-9-6-3)54-63-57(60)51-48-45-42-39-36-33-30-26-23-20-17-14-11-8-5-2/h7-12,14-21,23-28,30-36,38,40,43,56H,4-6,13,22,29,37,39,41-42,44-55H2,1-3H3/b10-7-,11-8-,12-9-,17-14-,18-15-,19-16-,23-20-,24-21-,28-25-,30-26-,31-27-,34-32-,36-33-,38-35-,43-40-. The topological polar surface area (TPSA) is 78.9 Å². The van der Waals surface area contributed by atoms with Crippen molar-refractivity contribution in [1.29, 1.82) is 0 Å². The van der Waals surface area contributed by atoms with Gasteiger partial charge in [0.2, 0.25) is 0 Å². The molecule has 0 aromatic heterocycles. The first-order valence-corrected chi connectivity index (χ1v) is 24.4. The summed E-state index contributed by atoms with van der Waals surface area (Å²) >= 11 is 0. The van der Waals surface area contributed by atoms with Crippen molar-refractivity contribution in [3.63, 3.8) is 0 Å². The number of ether oxygens (including phenoxy) is 3. The largest absolute Gasteiger partial charge is 0.462 e. The summed E-state index contributed by atoms with van der Waals surface area (Å²) in [7, 11) is 0. The van der Waals surface area contributed by atoms with E-state index >= 15 is 0 Å². The third-order valence-corrected chi connectivity index (χ3v) is 9.14. The zero-order valence-electron chi connectivity index (χ0n) is 40.4. The number of carbonyl (C=O) groups excluding carboxylic acids is 3. The number of hydrogen-bond acceptors (Lipinski definition) is 6. The van der Waals surface area contributed by atoms with E-state index in [-0.39, 0.29) is 50.4 Å². The average Bonchev–Trinajstić information content (AvgIpc) is 3.30. The molecule has 0 N–H and O–H groups in total. The second-order valence-electron chi connectivity index (χ2n) is 15.1. The lowest BCUT2D eigenvalue weighted by Crippen LogP contribution is -2.30. The number of hydrogen-bond donors (Lipinski definition) is 0. The zero-order chi connectivity index (χ0) is 47.2. The molecule has 0 heterocycles. The molecule has 1 unspecified atom stereocenters. The van der Waals surface area contributed by atoms with Crippen LogP contribution >= 0.6 is 0 Å². The van der Waals surface area contributed by atoms with Crippen LogP contribution in [-0.2, 0) is 28.6 Å². The summed E-state index contributed by atoms with van der Waals surface area (Å²) in [5, 5.41) is 0. The molecule has 0 radical (unpaired) electrons. The van der Waals surface area contributed by atoms with E-state index in [1.54, 1.807) is 0 Å². The van der Waals surface area contributed by atoms with Crippen LogP contribution in [0.15, 0.2) is 182 Å². The molecule has 0 aromatic rings. The van der Waals surface area contributed by atoms with E-state index in [0.29, 0.717) is 19.3 Å². The maximum atomic E-state index is 12.8. The fraction of sp³-hybridized carbons (Fsp3) is 0.441. The minimum atomic E-state index is -0.851. The van der Waals surface area contributed by atoms with Gasteiger partial charge in [0.05, 0.1) is 0 Å². The van der Waals surface area contributed by atoms with Crippen LogP contribution in [0.25, 0.3) is 0 Å². The molecule has 0 spiro atoms. The van der Waals surface area contributed by atoms with Gasteiger partial charge in [0.1, 0.15) is 13.2 Å². The van der Waals surface area contributed by atoms with Crippen LogP contribution in [0.3, 0.4) is 0 Å². The maximum Gasteiger partial charge on any atom is 0.306 e. The molecule has 65 heavy (non-hydrogen) atoms. The molecule has 0 aliphatic carbocycles. The molecule has 0 amide bonds. The Morgan fingerprint density at radius 1 is 0.323 bits per heavy atom. The Morgan fingerprint density at radius 2 is 0.646 bits per heavy atom. The SMILES string of the molecule is CC\C=C/C=C\C=C/C=C\C=C/CCCCCC(=O)OCC(COC(=O)CCC/C=C\C/C=C\C/C=C\C/C=C\C/C=C\CC)OC(=O)CCCCC\C=C/C=C\C=C/C=C\C=C/CC. The quantitative estimate of drug-likeness (QED) is 0.0200. The summed E-state index contributed by atoms with van der Waals surface area (Å²) < 4.78 is 16.6. The van der Waals surface area contributed by atoms with E-state index in [9.17, 15) is 14.4 Å². The minimum Gasteiger partial charge on any atom is -0.462 e. The first kappa shape index (κ1) is 59.5. The van der Waals surface area contributed by atoms with E-state index < -0.39 is 6.10 Å². The van der Waals surface area contributed by atoms with Gasteiger partial charge < -0.3 is 14.2 Å². The van der Waals surface area contributed by atoms with Gasteiger partial charge in [-0.2, -0.15) is 0 Å². The smallest absolute Gasteiger partial charge is 0.306 e. The molecule has 356 valence electrons. The first-order chi connectivity index (χ1) is 32.0. The molecule has 0 saturated heterocycles. The third-order valence-electron chi connectivity index (χ3n) is 9.14.